The number of thiophene rings is 1. The van der Waals surface area contributed by atoms with E-state index in [-0.39, 0.29) is 11.8 Å². The Morgan fingerprint density at radius 3 is 2.50 bits per heavy atom. The molecule has 9 heteroatoms. The van der Waals surface area contributed by atoms with E-state index in [2.05, 4.69) is 37.7 Å². The summed E-state index contributed by atoms with van der Waals surface area (Å²) >= 11 is 1.60. The van der Waals surface area contributed by atoms with Crippen LogP contribution >= 0.6 is 11.3 Å². The number of hydrogen-bond acceptors (Lipinski definition) is 6. The molecule has 4 aromatic rings. The third kappa shape index (κ3) is 4.80. The predicted molar refractivity (Wildman–Crippen MR) is 136 cm³/mol. The fourth-order valence-corrected chi connectivity index (χ4v) is 4.66. The van der Waals surface area contributed by atoms with Crippen LogP contribution in [-0.2, 0) is 6.54 Å². The van der Waals surface area contributed by atoms with Crippen molar-refractivity contribution in [3.63, 3.8) is 0 Å². The summed E-state index contributed by atoms with van der Waals surface area (Å²) in [5.74, 6) is -0.0210. The van der Waals surface area contributed by atoms with Gasteiger partial charge in [-0.15, -0.1) is 0 Å². The molecule has 0 bridgehead atoms. The van der Waals surface area contributed by atoms with Crippen molar-refractivity contribution < 1.29 is 9.59 Å². The van der Waals surface area contributed by atoms with Gasteiger partial charge in [0.2, 0.25) is 0 Å². The molecule has 0 unspecified atom stereocenters. The van der Waals surface area contributed by atoms with Gasteiger partial charge < -0.3 is 20.4 Å². The second-order valence-corrected chi connectivity index (χ2v) is 9.22. The summed E-state index contributed by atoms with van der Waals surface area (Å²) in [7, 11) is 2.13. The molecular formula is C25H26N6O2S. The smallest absolute Gasteiger partial charge is 0.256 e. The fraction of sp³-hybridized carbons (Fsp3) is 0.240. The molecule has 0 spiro atoms. The van der Waals surface area contributed by atoms with E-state index in [0.717, 1.165) is 42.9 Å². The lowest BCUT2D eigenvalue weighted by molar-refractivity contribution is 0.0950. The van der Waals surface area contributed by atoms with Crippen LogP contribution in [0.3, 0.4) is 0 Å². The zero-order valence-electron chi connectivity index (χ0n) is 18.9. The maximum absolute atomic E-state index is 12.9. The number of hydrogen-bond donors (Lipinski definition) is 3. The van der Waals surface area contributed by atoms with Gasteiger partial charge in [-0.1, -0.05) is 0 Å². The van der Waals surface area contributed by atoms with Crippen LogP contribution in [0.15, 0.2) is 59.3 Å². The van der Waals surface area contributed by atoms with Crippen LogP contribution in [0.2, 0.25) is 0 Å². The fourth-order valence-electron chi connectivity index (χ4n) is 4.00. The van der Waals surface area contributed by atoms with Gasteiger partial charge in [0, 0.05) is 54.9 Å². The molecule has 0 radical (unpaired) electrons. The number of anilines is 2. The van der Waals surface area contributed by atoms with E-state index in [1.54, 1.807) is 29.5 Å². The first-order valence-electron chi connectivity index (χ1n) is 11.2. The van der Waals surface area contributed by atoms with Gasteiger partial charge in [-0.3, -0.25) is 14.7 Å². The number of rotatable bonds is 6. The van der Waals surface area contributed by atoms with Crippen molar-refractivity contribution >= 4 is 45.6 Å². The van der Waals surface area contributed by atoms with Crippen molar-refractivity contribution in [2.75, 3.05) is 43.4 Å². The first kappa shape index (κ1) is 22.1. The largest absolute Gasteiger partial charge is 0.369 e. The van der Waals surface area contributed by atoms with Crippen LogP contribution in [0.25, 0.3) is 10.9 Å². The molecule has 8 nitrogen and oxygen atoms in total. The molecule has 2 amide bonds. The summed E-state index contributed by atoms with van der Waals surface area (Å²) in [4.78, 5) is 30.1. The predicted octanol–water partition coefficient (Wildman–Crippen LogP) is 3.56. The van der Waals surface area contributed by atoms with Crippen LogP contribution in [-0.4, -0.2) is 60.1 Å². The van der Waals surface area contributed by atoms with E-state index in [1.807, 2.05) is 41.1 Å². The number of amides is 2. The Hall–Kier alpha value is -3.69. The first-order chi connectivity index (χ1) is 16.6. The highest BCUT2D eigenvalue weighted by molar-refractivity contribution is 7.07. The molecule has 3 N–H and O–H groups in total. The van der Waals surface area contributed by atoms with Gasteiger partial charge in [0.1, 0.15) is 0 Å². The van der Waals surface area contributed by atoms with E-state index in [9.17, 15) is 9.59 Å². The topological polar surface area (TPSA) is 93.4 Å². The highest BCUT2D eigenvalue weighted by atomic mass is 32.1. The number of H-pyrrole nitrogens is 1. The lowest BCUT2D eigenvalue weighted by atomic mass is 10.1. The third-order valence-electron chi connectivity index (χ3n) is 6.09. The van der Waals surface area contributed by atoms with E-state index in [4.69, 9.17) is 0 Å². The molecule has 2 aromatic carbocycles. The highest BCUT2D eigenvalue weighted by Crippen LogP contribution is 2.23. The summed E-state index contributed by atoms with van der Waals surface area (Å²) in [6.07, 6.45) is 0. The Morgan fingerprint density at radius 1 is 1.00 bits per heavy atom. The SMILES string of the molecule is CN1CCN(c2ccc(C(=O)Nc3n[nH]c4ccc(C(=O)NCc5ccsc5)cc34)cc2)CC1. The monoisotopic (exact) mass is 474 g/mol. The zero-order valence-corrected chi connectivity index (χ0v) is 19.7. The number of nitrogens with one attached hydrogen (secondary N) is 3. The normalized spacial score (nSPS) is 14.3. The van der Waals surface area contributed by atoms with Gasteiger partial charge in [0.15, 0.2) is 5.82 Å². The molecule has 34 heavy (non-hydrogen) atoms. The van der Waals surface area contributed by atoms with Crippen molar-refractivity contribution in [2.45, 2.75) is 6.54 Å². The Labute approximate surface area is 201 Å². The van der Waals surface area contributed by atoms with E-state index >= 15 is 0 Å². The zero-order chi connectivity index (χ0) is 23.5. The maximum atomic E-state index is 12.9. The Kier molecular flexibility index (Phi) is 6.29. The molecule has 1 saturated heterocycles. The first-order valence-corrected chi connectivity index (χ1v) is 12.1. The van der Waals surface area contributed by atoms with Gasteiger partial charge in [-0.25, -0.2) is 0 Å². The standard InChI is InChI=1S/C25H26N6O2S/c1-30-9-11-31(12-10-30)20-5-2-18(3-6-20)25(33)27-23-21-14-19(4-7-22(21)28-29-23)24(32)26-15-17-8-13-34-16-17/h2-8,13-14,16H,9-12,15H2,1H3,(H,26,32)(H2,27,28,29,33). The minimum absolute atomic E-state index is 0.175. The van der Waals surface area contributed by atoms with Gasteiger partial charge in [0.05, 0.1) is 5.52 Å². The molecular weight excluding hydrogens is 448 g/mol. The quantitative estimate of drug-likeness (QED) is 0.397. The van der Waals surface area contributed by atoms with Crippen LogP contribution < -0.4 is 15.5 Å². The van der Waals surface area contributed by atoms with Crippen LogP contribution in [0, 0.1) is 0 Å². The number of piperazine rings is 1. The number of benzene rings is 2. The number of likely N-dealkylation sites (N-methyl/N-ethyl adjacent to an activating group) is 1. The number of aromatic nitrogens is 2. The van der Waals surface area contributed by atoms with Crippen LogP contribution in [0.5, 0.6) is 0 Å². The van der Waals surface area contributed by atoms with E-state index < -0.39 is 0 Å². The number of carbonyl (C=O) groups is 2. The summed E-state index contributed by atoms with van der Waals surface area (Å²) in [5.41, 5.74) is 3.99. The van der Waals surface area contributed by atoms with Crippen LogP contribution in [0.1, 0.15) is 26.3 Å². The van der Waals surface area contributed by atoms with Gasteiger partial charge in [-0.2, -0.15) is 16.4 Å². The summed E-state index contributed by atoms with van der Waals surface area (Å²) in [6, 6.07) is 14.9. The molecule has 2 aromatic heterocycles. The molecule has 1 fully saturated rings. The summed E-state index contributed by atoms with van der Waals surface area (Å²) in [6.45, 7) is 4.49. The number of fused-ring (bicyclic) bond motifs is 1. The maximum Gasteiger partial charge on any atom is 0.256 e. The number of aromatic amines is 1. The van der Waals surface area contributed by atoms with E-state index in [0.29, 0.717) is 28.9 Å². The molecule has 1 aliphatic heterocycles. The van der Waals surface area contributed by atoms with Crippen molar-refractivity contribution in [3.8, 4) is 0 Å². The van der Waals surface area contributed by atoms with Crippen molar-refractivity contribution in [1.82, 2.24) is 20.4 Å². The molecule has 0 atom stereocenters. The number of nitrogens with zero attached hydrogens (tertiary/aromatic N) is 3. The van der Waals surface area contributed by atoms with Gasteiger partial charge >= 0.3 is 0 Å². The molecule has 5 rings (SSSR count). The number of carbonyl (C=O) groups excluding carboxylic acids is 2. The summed E-state index contributed by atoms with van der Waals surface area (Å²) < 4.78 is 0. The average molecular weight is 475 g/mol. The second-order valence-electron chi connectivity index (χ2n) is 8.44. The Morgan fingerprint density at radius 2 is 1.76 bits per heavy atom. The average Bonchev–Trinajstić information content (AvgIpc) is 3.53. The molecule has 174 valence electrons. The molecule has 0 aliphatic carbocycles. The van der Waals surface area contributed by atoms with Gasteiger partial charge in [-0.05, 0) is 71.9 Å². The Balaban J connectivity index is 1.27. The van der Waals surface area contributed by atoms with E-state index in [1.165, 1.54) is 0 Å². The molecule has 1 aliphatic rings. The van der Waals surface area contributed by atoms with Crippen molar-refractivity contribution in [1.29, 1.82) is 0 Å². The lowest BCUT2D eigenvalue weighted by Gasteiger charge is -2.34. The van der Waals surface area contributed by atoms with Crippen molar-refractivity contribution in [2.24, 2.45) is 0 Å². The lowest BCUT2D eigenvalue weighted by Crippen LogP contribution is -2.44. The minimum atomic E-state index is -0.245. The Bertz CT molecular complexity index is 1290. The highest BCUT2D eigenvalue weighted by Gasteiger charge is 2.16. The van der Waals surface area contributed by atoms with Gasteiger partial charge in [0.25, 0.3) is 11.8 Å². The third-order valence-corrected chi connectivity index (χ3v) is 6.82. The molecule has 0 saturated carbocycles. The second kappa shape index (κ2) is 9.66. The summed E-state index contributed by atoms with van der Waals surface area (Å²) in [5, 5.41) is 17.6. The molecule has 3 heterocycles. The van der Waals surface area contributed by atoms with Crippen molar-refractivity contribution in [3.05, 3.63) is 76.0 Å². The van der Waals surface area contributed by atoms with Crippen LogP contribution in [0.4, 0.5) is 11.5 Å². The minimum Gasteiger partial charge on any atom is -0.369 e.